The van der Waals surface area contributed by atoms with E-state index in [1.54, 1.807) is 49.4 Å². The van der Waals surface area contributed by atoms with Crippen molar-refractivity contribution < 1.29 is 46.8 Å². The number of carbonyl (C=O) groups is 2. The van der Waals surface area contributed by atoms with Crippen molar-refractivity contribution in [3.8, 4) is 23.0 Å². The van der Waals surface area contributed by atoms with E-state index < -0.39 is 37.1 Å². The molecule has 9 nitrogen and oxygen atoms in total. The molecular weight excluding hydrogens is 576 g/mol. The summed E-state index contributed by atoms with van der Waals surface area (Å²) in [4.78, 5) is 28.2. The van der Waals surface area contributed by atoms with Gasteiger partial charge < -0.3 is 33.3 Å². The predicted octanol–water partition coefficient (Wildman–Crippen LogP) is 5.94. The molecule has 0 bridgehead atoms. The number of carbonyl (C=O) groups excluding carboxylic acids is 2. The lowest BCUT2D eigenvalue weighted by atomic mass is 9.97. The molecule has 1 amide bonds. The Hall–Kier alpha value is -4.09. The van der Waals surface area contributed by atoms with E-state index in [4.69, 9.17) is 40.0 Å². The van der Waals surface area contributed by atoms with Crippen molar-refractivity contribution in [1.29, 1.82) is 0 Å². The number of halogens is 3. The summed E-state index contributed by atoms with van der Waals surface area (Å²) < 4.78 is 59.6. The normalized spacial score (nSPS) is 16.5. The lowest BCUT2D eigenvalue weighted by Gasteiger charge is -2.26. The molecule has 0 N–H and O–H groups in total. The first-order chi connectivity index (χ1) is 20.2. The average molecular weight is 606 g/mol. The highest BCUT2D eigenvalue weighted by molar-refractivity contribution is 6.30. The van der Waals surface area contributed by atoms with E-state index in [1.807, 2.05) is 0 Å². The Labute approximate surface area is 246 Å². The summed E-state index contributed by atoms with van der Waals surface area (Å²) in [6.45, 7) is -1.44. The SMILES string of the molecule is CCOC(=O)C[C@H]1O[C@H](c2cccc(OC)c2OC(F)F)c2cc(Cl)ccc2N(Cc2ccc(OC)cc2OC)C1=O. The van der Waals surface area contributed by atoms with E-state index in [0.29, 0.717) is 33.3 Å². The molecule has 1 heterocycles. The molecule has 0 aromatic heterocycles. The van der Waals surface area contributed by atoms with Crippen LogP contribution in [0.25, 0.3) is 0 Å². The van der Waals surface area contributed by atoms with E-state index in [-0.39, 0.29) is 30.2 Å². The first kappa shape index (κ1) is 30.9. The summed E-state index contributed by atoms with van der Waals surface area (Å²) in [5.41, 5.74) is 1.53. The Bertz CT molecular complexity index is 1440. The summed E-state index contributed by atoms with van der Waals surface area (Å²) in [5.74, 6) is -0.475. The molecule has 0 unspecified atom stereocenters. The van der Waals surface area contributed by atoms with Crippen molar-refractivity contribution in [2.45, 2.75) is 38.7 Å². The molecule has 224 valence electrons. The van der Waals surface area contributed by atoms with Gasteiger partial charge in [-0.2, -0.15) is 8.78 Å². The lowest BCUT2D eigenvalue weighted by Crippen LogP contribution is -2.40. The molecule has 4 rings (SSSR count). The molecular formula is C30H30ClF2NO8. The first-order valence-corrected chi connectivity index (χ1v) is 13.3. The van der Waals surface area contributed by atoms with Gasteiger partial charge in [-0.05, 0) is 43.3 Å². The third kappa shape index (κ3) is 6.69. The molecule has 0 spiro atoms. The Morgan fingerprint density at radius 2 is 1.76 bits per heavy atom. The quantitative estimate of drug-likeness (QED) is 0.248. The van der Waals surface area contributed by atoms with Gasteiger partial charge >= 0.3 is 12.6 Å². The van der Waals surface area contributed by atoms with Crippen molar-refractivity contribution in [2.75, 3.05) is 32.8 Å². The smallest absolute Gasteiger partial charge is 0.387 e. The van der Waals surface area contributed by atoms with Gasteiger partial charge in [0.15, 0.2) is 11.5 Å². The largest absolute Gasteiger partial charge is 0.497 e. The van der Waals surface area contributed by atoms with Gasteiger partial charge in [-0.1, -0.05) is 23.7 Å². The van der Waals surface area contributed by atoms with Gasteiger partial charge in [0.2, 0.25) is 0 Å². The van der Waals surface area contributed by atoms with Gasteiger partial charge in [-0.3, -0.25) is 9.59 Å². The standard InChI is InChI=1S/C30H30ClF2NO8/c1-5-40-26(35)15-25-29(36)34(16-17-9-11-19(37-2)14-24(17)39-4)22-12-10-18(31)13-21(22)27(41-25)20-7-6-8-23(38-3)28(20)42-30(32)33/h6-14,25,27,30H,5,15-16H2,1-4H3/t25-,27-/m1/s1. The van der Waals surface area contributed by atoms with E-state index in [1.165, 1.54) is 38.4 Å². The van der Waals surface area contributed by atoms with Gasteiger partial charge in [-0.25, -0.2) is 0 Å². The van der Waals surface area contributed by atoms with Crippen molar-refractivity contribution in [2.24, 2.45) is 0 Å². The highest BCUT2D eigenvalue weighted by atomic mass is 35.5. The molecule has 3 aromatic carbocycles. The van der Waals surface area contributed by atoms with Crippen LogP contribution in [0.5, 0.6) is 23.0 Å². The minimum Gasteiger partial charge on any atom is -0.497 e. The fourth-order valence-corrected chi connectivity index (χ4v) is 4.93. The number of hydrogen-bond acceptors (Lipinski definition) is 8. The highest BCUT2D eigenvalue weighted by Crippen LogP contribution is 2.46. The zero-order valence-corrected chi connectivity index (χ0v) is 24.2. The fourth-order valence-electron chi connectivity index (χ4n) is 4.75. The zero-order chi connectivity index (χ0) is 30.4. The van der Waals surface area contributed by atoms with E-state index in [0.717, 1.165) is 0 Å². The number of anilines is 1. The van der Waals surface area contributed by atoms with E-state index in [9.17, 15) is 18.4 Å². The molecule has 0 saturated carbocycles. The number of rotatable bonds is 11. The molecule has 12 heteroatoms. The second-order valence-corrected chi connectivity index (χ2v) is 9.51. The number of nitrogens with zero attached hydrogens (tertiary/aromatic N) is 1. The van der Waals surface area contributed by atoms with Crippen LogP contribution in [0.3, 0.4) is 0 Å². The van der Waals surface area contributed by atoms with Gasteiger partial charge in [0.25, 0.3) is 5.91 Å². The topological polar surface area (TPSA) is 92.8 Å². The van der Waals surface area contributed by atoms with E-state index in [2.05, 4.69) is 0 Å². The summed E-state index contributed by atoms with van der Waals surface area (Å²) in [5, 5.41) is 0.305. The minimum absolute atomic E-state index is 0.00847. The van der Waals surface area contributed by atoms with Crippen LogP contribution in [0, 0.1) is 0 Å². The van der Waals surface area contributed by atoms with E-state index >= 15 is 0 Å². The number of para-hydroxylation sites is 1. The van der Waals surface area contributed by atoms with Crippen molar-refractivity contribution in [1.82, 2.24) is 0 Å². The average Bonchev–Trinajstić information content (AvgIpc) is 3.07. The monoisotopic (exact) mass is 605 g/mol. The van der Waals surface area contributed by atoms with Crippen LogP contribution in [0.15, 0.2) is 54.6 Å². The maximum atomic E-state index is 14.1. The van der Waals surface area contributed by atoms with Crippen molar-refractivity contribution in [3.05, 3.63) is 76.3 Å². The molecule has 0 radical (unpaired) electrons. The lowest BCUT2D eigenvalue weighted by molar-refractivity contribution is -0.151. The van der Waals surface area contributed by atoms with Crippen LogP contribution in [-0.4, -0.2) is 52.5 Å². The van der Waals surface area contributed by atoms with Gasteiger partial charge in [-0.15, -0.1) is 0 Å². The minimum atomic E-state index is -3.18. The number of alkyl halides is 2. The Balaban J connectivity index is 1.92. The van der Waals surface area contributed by atoms with Gasteiger partial charge in [0.1, 0.15) is 23.7 Å². The predicted molar refractivity (Wildman–Crippen MR) is 150 cm³/mol. The molecule has 0 fully saturated rings. The van der Waals surface area contributed by atoms with Crippen LogP contribution in [0.2, 0.25) is 5.02 Å². The number of amides is 1. The summed E-state index contributed by atoms with van der Waals surface area (Å²) in [6, 6.07) is 14.5. The van der Waals surface area contributed by atoms with Gasteiger partial charge in [0.05, 0.1) is 46.6 Å². The third-order valence-electron chi connectivity index (χ3n) is 6.60. The molecule has 3 aromatic rings. The molecule has 1 aliphatic heterocycles. The molecule has 0 aliphatic carbocycles. The number of ether oxygens (including phenoxy) is 6. The Kier molecular flexibility index (Phi) is 10.1. The van der Waals surface area contributed by atoms with Crippen LogP contribution < -0.4 is 23.8 Å². The summed E-state index contributed by atoms with van der Waals surface area (Å²) in [6.07, 6.45) is -2.97. The molecule has 42 heavy (non-hydrogen) atoms. The maximum Gasteiger partial charge on any atom is 0.387 e. The van der Waals surface area contributed by atoms with Gasteiger partial charge in [0, 0.05) is 27.8 Å². The maximum absolute atomic E-state index is 14.1. The first-order valence-electron chi connectivity index (χ1n) is 12.9. The highest BCUT2D eigenvalue weighted by Gasteiger charge is 2.40. The fraction of sp³-hybridized carbons (Fsp3) is 0.333. The summed E-state index contributed by atoms with van der Waals surface area (Å²) in [7, 11) is 4.33. The van der Waals surface area contributed by atoms with Crippen LogP contribution in [0.1, 0.15) is 36.1 Å². The Morgan fingerprint density at radius 3 is 2.43 bits per heavy atom. The zero-order valence-electron chi connectivity index (χ0n) is 23.4. The molecule has 0 saturated heterocycles. The number of fused-ring (bicyclic) bond motifs is 1. The second-order valence-electron chi connectivity index (χ2n) is 9.08. The summed E-state index contributed by atoms with van der Waals surface area (Å²) >= 11 is 6.41. The molecule has 2 atom stereocenters. The van der Waals surface area contributed by atoms with Crippen molar-refractivity contribution >= 4 is 29.2 Å². The number of benzene rings is 3. The number of methoxy groups -OCH3 is 3. The Morgan fingerprint density at radius 1 is 1.00 bits per heavy atom. The van der Waals surface area contributed by atoms with Crippen LogP contribution >= 0.6 is 11.6 Å². The second kappa shape index (κ2) is 13.7. The molecule has 1 aliphatic rings. The van der Waals surface area contributed by atoms with Crippen LogP contribution in [-0.2, 0) is 25.6 Å². The van der Waals surface area contributed by atoms with Crippen molar-refractivity contribution in [3.63, 3.8) is 0 Å². The number of esters is 1. The third-order valence-corrected chi connectivity index (χ3v) is 6.84. The van der Waals surface area contributed by atoms with Crippen LogP contribution in [0.4, 0.5) is 14.5 Å². The number of hydrogen-bond donors (Lipinski definition) is 0.